The number of nitrogens with one attached hydrogen (secondary N) is 1. The number of unbranched alkanes of at least 4 members (excludes halogenated alkanes) is 1. The first-order valence-electron chi connectivity index (χ1n) is 6.34. The molecule has 0 aliphatic rings. The van der Waals surface area contributed by atoms with Crippen LogP contribution in [0.5, 0.6) is 5.75 Å². The van der Waals surface area contributed by atoms with E-state index < -0.39 is 5.97 Å². The Hall–Kier alpha value is -1.56. The molecule has 0 saturated carbocycles. The molecular formula is C14H18BrNO4. The number of rotatable bonds is 8. The maximum absolute atomic E-state index is 11.8. The molecule has 0 aliphatic carbocycles. The molecule has 0 aromatic heterocycles. The largest absolute Gasteiger partial charge is 0.496 e. The predicted octanol–water partition coefficient (Wildman–Crippen LogP) is 2.37. The van der Waals surface area contributed by atoms with E-state index in [1.165, 1.54) is 0 Å². The van der Waals surface area contributed by atoms with Gasteiger partial charge in [-0.2, -0.15) is 0 Å². The summed E-state index contributed by atoms with van der Waals surface area (Å²) >= 11 is 3.36. The minimum Gasteiger partial charge on any atom is -0.496 e. The Bertz CT molecular complexity index is 476. The smallest absolute Gasteiger partial charge is 0.303 e. The molecule has 20 heavy (non-hydrogen) atoms. The number of ether oxygens (including phenoxy) is 1. The lowest BCUT2D eigenvalue weighted by atomic mass is 10.1. The second-order valence-electron chi connectivity index (χ2n) is 4.33. The van der Waals surface area contributed by atoms with Gasteiger partial charge in [-0.1, -0.05) is 15.9 Å². The summed E-state index contributed by atoms with van der Waals surface area (Å²) in [6.45, 7) is 0.489. The number of carbonyl (C=O) groups excluding carboxylic acids is 1. The Kier molecular flexibility index (Phi) is 7.08. The van der Waals surface area contributed by atoms with Crippen molar-refractivity contribution in [2.75, 3.05) is 13.7 Å². The molecular weight excluding hydrogens is 326 g/mol. The Morgan fingerprint density at radius 2 is 2.10 bits per heavy atom. The highest BCUT2D eigenvalue weighted by atomic mass is 79.9. The minimum atomic E-state index is -0.810. The number of carboxylic acids is 1. The molecule has 6 heteroatoms. The van der Waals surface area contributed by atoms with E-state index in [1.807, 2.05) is 12.1 Å². The van der Waals surface area contributed by atoms with Gasteiger partial charge in [0, 0.05) is 23.0 Å². The Labute approximate surface area is 126 Å². The van der Waals surface area contributed by atoms with Gasteiger partial charge >= 0.3 is 5.97 Å². The van der Waals surface area contributed by atoms with Gasteiger partial charge in [0.2, 0.25) is 5.91 Å². The zero-order valence-corrected chi connectivity index (χ0v) is 12.9. The van der Waals surface area contributed by atoms with Gasteiger partial charge in [-0.15, -0.1) is 0 Å². The molecule has 2 N–H and O–H groups in total. The zero-order valence-electron chi connectivity index (χ0n) is 11.3. The van der Waals surface area contributed by atoms with Crippen LogP contribution in [0.3, 0.4) is 0 Å². The van der Waals surface area contributed by atoms with Gasteiger partial charge in [0.25, 0.3) is 0 Å². The maximum atomic E-state index is 11.8. The van der Waals surface area contributed by atoms with Crippen LogP contribution in [-0.4, -0.2) is 30.6 Å². The van der Waals surface area contributed by atoms with Crippen molar-refractivity contribution < 1.29 is 19.4 Å². The highest BCUT2D eigenvalue weighted by molar-refractivity contribution is 9.10. The van der Waals surface area contributed by atoms with Crippen molar-refractivity contribution in [1.82, 2.24) is 5.32 Å². The second-order valence-corrected chi connectivity index (χ2v) is 5.25. The molecule has 0 atom stereocenters. The van der Waals surface area contributed by atoms with Crippen molar-refractivity contribution >= 4 is 27.8 Å². The summed E-state index contributed by atoms with van der Waals surface area (Å²) in [6, 6.07) is 5.51. The van der Waals surface area contributed by atoms with E-state index in [0.717, 1.165) is 10.0 Å². The van der Waals surface area contributed by atoms with Crippen LogP contribution in [-0.2, 0) is 16.0 Å². The first-order valence-corrected chi connectivity index (χ1v) is 7.13. The number of carboxylic acid groups (broad SMARTS) is 1. The molecule has 1 aromatic carbocycles. The van der Waals surface area contributed by atoms with Gasteiger partial charge in [-0.05, 0) is 31.0 Å². The van der Waals surface area contributed by atoms with Crippen molar-refractivity contribution in [2.45, 2.75) is 25.7 Å². The van der Waals surface area contributed by atoms with Crippen LogP contribution in [0.25, 0.3) is 0 Å². The van der Waals surface area contributed by atoms with E-state index in [0.29, 0.717) is 25.1 Å². The molecule has 0 bridgehead atoms. The van der Waals surface area contributed by atoms with Crippen molar-refractivity contribution in [3.05, 3.63) is 28.2 Å². The van der Waals surface area contributed by atoms with Crippen LogP contribution in [0.2, 0.25) is 0 Å². The Morgan fingerprint density at radius 1 is 1.35 bits per heavy atom. The van der Waals surface area contributed by atoms with E-state index >= 15 is 0 Å². The van der Waals surface area contributed by atoms with Gasteiger partial charge in [0.1, 0.15) is 5.75 Å². The molecule has 0 aliphatic heterocycles. The van der Waals surface area contributed by atoms with Crippen molar-refractivity contribution in [1.29, 1.82) is 0 Å². The van der Waals surface area contributed by atoms with E-state index in [-0.39, 0.29) is 18.7 Å². The topological polar surface area (TPSA) is 75.6 Å². The van der Waals surface area contributed by atoms with Crippen LogP contribution >= 0.6 is 15.9 Å². The first kappa shape index (κ1) is 16.5. The molecule has 110 valence electrons. The number of benzene rings is 1. The third kappa shape index (κ3) is 6.06. The molecule has 1 rings (SSSR count). The normalized spacial score (nSPS) is 10.1. The standard InChI is InChI=1S/C14H18BrNO4/c1-20-12-6-5-11(15)8-10(12)9-13(17)16-7-3-2-4-14(18)19/h5-6,8H,2-4,7,9H2,1H3,(H,16,17)(H,18,19). The monoisotopic (exact) mass is 343 g/mol. The molecule has 0 unspecified atom stereocenters. The third-order valence-electron chi connectivity index (χ3n) is 2.73. The van der Waals surface area contributed by atoms with Crippen LogP contribution in [0.4, 0.5) is 0 Å². The van der Waals surface area contributed by atoms with E-state index in [9.17, 15) is 9.59 Å². The molecule has 0 saturated heterocycles. The number of methoxy groups -OCH3 is 1. The number of amides is 1. The van der Waals surface area contributed by atoms with Crippen molar-refractivity contribution in [3.63, 3.8) is 0 Å². The molecule has 0 heterocycles. The average molecular weight is 344 g/mol. The number of hydrogen-bond donors (Lipinski definition) is 2. The number of aliphatic carboxylic acids is 1. The van der Waals surface area contributed by atoms with Crippen LogP contribution in [0, 0.1) is 0 Å². The van der Waals surface area contributed by atoms with Gasteiger partial charge in [0.05, 0.1) is 13.5 Å². The highest BCUT2D eigenvalue weighted by Gasteiger charge is 2.09. The molecule has 0 spiro atoms. The average Bonchev–Trinajstić information content (AvgIpc) is 2.38. The van der Waals surface area contributed by atoms with Gasteiger partial charge in [0.15, 0.2) is 0 Å². The van der Waals surface area contributed by atoms with Gasteiger partial charge < -0.3 is 15.2 Å². The van der Waals surface area contributed by atoms with Gasteiger partial charge in [-0.25, -0.2) is 0 Å². The minimum absolute atomic E-state index is 0.100. The maximum Gasteiger partial charge on any atom is 0.303 e. The fourth-order valence-electron chi connectivity index (χ4n) is 1.75. The lowest BCUT2D eigenvalue weighted by Crippen LogP contribution is -2.26. The molecule has 5 nitrogen and oxygen atoms in total. The fraction of sp³-hybridized carbons (Fsp3) is 0.429. The lowest BCUT2D eigenvalue weighted by Gasteiger charge is -2.09. The van der Waals surface area contributed by atoms with Crippen molar-refractivity contribution in [3.8, 4) is 5.75 Å². The van der Waals surface area contributed by atoms with Crippen molar-refractivity contribution in [2.24, 2.45) is 0 Å². The van der Waals surface area contributed by atoms with Crippen LogP contribution < -0.4 is 10.1 Å². The molecule has 0 fully saturated rings. The highest BCUT2D eigenvalue weighted by Crippen LogP contribution is 2.23. The molecule has 1 aromatic rings. The summed E-state index contributed by atoms with van der Waals surface area (Å²) in [5.74, 6) is -0.235. The molecule has 1 amide bonds. The van der Waals surface area contributed by atoms with E-state index in [4.69, 9.17) is 9.84 Å². The Morgan fingerprint density at radius 3 is 2.75 bits per heavy atom. The third-order valence-corrected chi connectivity index (χ3v) is 3.23. The zero-order chi connectivity index (χ0) is 15.0. The first-order chi connectivity index (χ1) is 9.52. The van der Waals surface area contributed by atoms with Crippen LogP contribution in [0.15, 0.2) is 22.7 Å². The van der Waals surface area contributed by atoms with E-state index in [2.05, 4.69) is 21.2 Å². The number of halogens is 1. The predicted molar refractivity (Wildman–Crippen MR) is 78.9 cm³/mol. The summed E-state index contributed by atoms with van der Waals surface area (Å²) in [4.78, 5) is 22.1. The van der Waals surface area contributed by atoms with Gasteiger partial charge in [-0.3, -0.25) is 9.59 Å². The summed E-state index contributed by atoms with van der Waals surface area (Å²) in [6.07, 6.45) is 1.60. The lowest BCUT2D eigenvalue weighted by molar-refractivity contribution is -0.137. The molecule has 0 radical (unpaired) electrons. The number of carbonyl (C=O) groups is 2. The number of hydrogen-bond acceptors (Lipinski definition) is 3. The summed E-state index contributed by atoms with van der Waals surface area (Å²) in [5, 5.41) is 11.3. The summed E-state index contributed by atoms with van der Waals surface area (Å²) < 4.78 is 6.10. The quantitative estimate of drug-likeness (QED) is 0.710. The SMILES string of the molecule is COc1ccc(Br)cc1CC(=O)NCCCCC(=O)O. The van der Waals surface area contributed by atoms with E-state index in [1.54, 1.807) is 13.2 Å². The second kappa shape index (κ2) is 8.58. The van der Waals surface area contributed by atoms with Crippen LogP contribution in [0.1, 0.15) is 24.8 Å². The summed E-state index contributed by atoms with van der Waals surface area (Å²) in [5.41, 5.74) is 0.810. The summed E-state index contributed by atoms with van der Waals surface area (Å²) in [7, 11) is 1.57. The fourth-order valence-corrected chi connectivity index (χ4v) is 2.16. The Balaban J connectivity index is 2.38.